The molecular formula is C27H35N3O6S. The van der Waals surface area contributed by atoms with E-state index in [4.69, 9.17) is 9.47 Å². The average Bonchev–Trinajstić information content (AvgIpc) is 3.63. The van der Waals surface area contributed by atoms with Gasteiger partial charge in [-0.3, -0.25) is 4.79 Å². The quantitative estimate of drug-likeness (QED) is 0.545. The van der Waals surface area contributed by atoms with Crippen LogP contribution in [-0.2, 0) is 24.7 Å². The molecule has 2 amide bonds. The highest BCUT2D eigenvalue weighted by Crippen LogP contribution is 2.41. The van der Waals surface area contributed by atoms with Gasteiger partial charge in [0.2, 0.25) is 5.91 Å². The Morgan fingerprint density at radius 3 is 2.41 bits per heavy atom. The monoisotopic (exact) mass is 529 g/mol. The van der Waals surface area contributed by atoms with Crippen molar-refractivity contribution in [2.24, 2.45) is 5.41 Å². The molecule has 2 aromatic rings. The van der Waals surface area contributed by atoms with Crippen LogP contribution < -0.4 is 5.32 Å². The second-order valence-corrected chi connectivity index (χ2v) is 11.8. The van der Waals surface area contributed by atoms with Crippen molar-refractivity contribution in [3.05, 3.63) is 41.4 Å². The van der Waals surface area contributed by atoms with Crippen molar-refractivity contribution < 1.29 is 29.0 Å². The lowest BCUT2D eigenvalue weighted by Crippen LogP contribution is -2.57. The van der Waals surface area contributed by atoms with Crippen LogP contribution in [0.1, 0.15) is 58.4 Å². The van der Waals surface area contributed by atoms with Gasteiger partial charge in [0, 0.05) is 30.7 Å². The summed E-state index contributed by atoms with van der Waals surface area (Å²) in [6.07, 6.45) is 4.68. The number of carbonyl (C=O) groups is 3. The van der Waals surface area contributed by atoms with E-state index in [1.807, 2.05) is 50.4 Å². The zero-order chi connectivity index (χ0) is 26.8. The Kier molecular flexibility index (Phi) is 7.89. The van der Waals surface area contributed by atoms with Gasteiger partial charge in [-0.25, -0.2) is 14.6 Å². The number of hydrogen-bond acceptors (Lipinski definition) is 7. The first-order valence-electron chi connectivity index (χ1n) is 12.6. The number of ether oxygens (including phenoxy) is 2. The van der Waals surface area contributed by atoms with E-state index < -0.39 is 41.1 Å². The summed E-state index contributed by atoms with van der Waals surface area (Å²) < 4.78 is 11.5. The fourth-order valence-corrected chi connectivity index (χ4v) is 5.85. The van der Waals surface area contributed by atoms with E-state index in [0.717, 1.165) is 41.8 Å². The molecule has 0 spiro atoms. The highest BCUT2D eigenvalue weighted by Gasteiger charge is 2.52. The molecule has 10 heteroatoms. The summed E-state index contributed by atoms with van der Waals surface area (Å²) in [4.78, 5) is 44.5. The molecule has 2 fully saturated rings. The first kappa shape index (κ1) is 27.1. The minimum atomic E-state index is -1.12. The van der Waals surface area contributed by atoms with Crippen molar-refractivity contribution in [1.82, 2.24) is 15.2 Å². The highest BCUT2D eigenvalue weighted by atomic mass is 32.1. The average molecular weight is 530 g/mol. The Morgan fingerprint density at radius 1 is 1.19 bits per heavy atom. The summed E-state index contributed by atoms with van der Waals surface area (Å²) in [5.41, 5.74) is 0.0383. The van der Waals surface area contributed by atoms with E-state index in [-0.39, 0.29) is 19.1 Å². The maximum atomic E-state index is 13.9. The number of likely N-dealkylation sites (tertiary alicyclic amines) is 1. The van der Waals surface area contributed by atoms with Gasteiger partial charge in [0.05, 0.1) is 6.54 Å². The number of amides is 2. The zero-order valence-electron chi connectivity index (χ0n) is 21.7. The molecule has 1 unspecified atom stereocenters. The number of alkyl carbamates (subject to hydrolysis) is 1. The molecule has 9 nitrogen and oxygen atoms in total. The summed E-state index contributed by atoms with van der Waals surface area (Å²) >= 11 is 1.53. The maximum absolute atomic E-state index is 13.9. The molecule has 2 aliphatic rings. The van der Waals surface area contributed by atoms with Crippen LogP contribution in [-0.4, -0.2) is 64.8 Å². The number of carbonyl (C=O) groups excluding carboxylic acids is 2. The van der Waals surface area contributed by atoms with Crippen molar-refractivity contribution in [3.8, 4) is 10.6 Å². The predicted molar refractivity (Wildman–Crippen MR) is 139 cm³/mol. The van der Waals surface area contributed by atoms with Crippen molar-refractivity contribution in [2.45, 2.75) is 76.7 Å². The number of aromatic nitrogens is 1. The Hall–Kier alpha value is -2.98. The van der Waals surface area contributed by atoms with Crippen LogP contribution in [0, 0.1) is 5.41 Å². The normalized spacial score (nSPS) is 23.1. The first-order valence-corrected chi connectivity index (χ1v) is 13.5. The standard InChI is InChI=1S/C27H35N3O6S/c1-26(2,3)21(29-25(34)36-19-7-5-6-8-19)23(31)30-16-27(35-4,15-20(30)24(32)33)18-11-9-17(10-12-18)22-28-13-14-37-22/h9-14,19-21H,5-8,15-16H2,1-4H3,(H,29,34)(H,32,33)/t20-,21?,27-/m0/s1. The van der Waals surface area contributed by atoms with E-state index in [1.165, 1.54) is 23.3 Å². The number of hydrogen-bond donors (Lipinski definition) is 2. The first-order chi connectivity index (χ1) is 17.5. The van der Waals surface area contributed by atoms with Crippen LogP contribution in [0.25, 0.3) is 10.6 Å². The molecule has 2 heterocycles. The Morgan fingerprint density at radius 2 is 1.86 bits per heavy atom. The van der Waals surface area contributed by atoms with Crippen molar-refractivity contribution >= 4 is 29.3 Å². The molecule has 0 bridgehead atoms. The highest BCUT2D eigenvalue weighted by molar-refractivity contribution is 7.13. The summed E-state index contributed by atoms with van der Waals surface area (Å²) in [5.74, 6) is -1.59. The van der Waals surface area contributed by atoms with Crippen LogP contribution in [0.3, 0.4) is 0 Å². The minimum Gasteiger partial charge on any atom is -0.480 e. The van der Waals surface area contributed by atoms with Gasteiger partial charge in [0.1, 0.15) is 28.8 Å². The number of rotatable bonds is 7. The molecule has 0 radical (unpaired) electrons. The molecule has 1 saturated heterocycles. The Labute approximate surface area is 221 Å². The van der Waals surface area contributed by atoms with Gasteiger partial charge in [0.15, 0.2) is 0 Å². The SMILES string of the molecule is CO[C@@]1(c2ccc(-c3nccs3)cc2)C[C@@H](C(=O)O)N(C(=O)C(NC(=O)OC2CCCC2)C(C)(C)C)C1. The van der Waals surface area contributed by atoms with Crippen LogP contribution in [0.2, 0.25) is 0 Å². The molecule has 1 aromatic carbocycles. The molecular weight excluding hydrogens is 494 g/mol. The smallest absolute Gasteiger partial charge is 0.408 e. The number of carboxylic acids is 1. The molecule has 3 atom stereocenters. The lowest BCUT2D eigenvalue weighted by Gasteiger charge is -2.35. The zero-order valence-corrected chi connectivity index (χ0v) is 22.5. The van der Waals surface area contributed by atoms with Crippen LogP contribution in [0.15, 0.2) is 35.8 Å². The van der Waals surface area contributed by atoms with E-state index in [0.29, 0.717) is 0 Å². The van der Waals surface area contributed by atoms with Crippen molar-refractivity contribution in [3.63, 3.8) is 0 Å². The van der Waals surface area contributed by atoms with E-state index in [2.05, 4.69) is 10.3 Å². The summed E-state index contributed by atoms with van der Waals surface area (Å²) in [6.45, 7) is 5.54. The van der Waals surface area contributed by atoms with E-state index >= 15 is 0 Å². The number of nitrogens with one attached hydrogen (secondary N) is 1. The van der Waals surface area contributed by atoms with Gasteiger partial charge < -0.3 is 24.8 Å². The second-order valence-electron chi connectivity index (χ2n) is 10.9. The molecule has 4 rings (SSSR count). The molecule has 1 saturated carbocycles. The van der Waals surface area contributed by atoms with Crippen LogP contribution in [0.5, 0.6) is 0 Å². The molecule has 1 aromatic heterocycles. The van der Waals surface area contributed by atoms with Gasteiger partial charge >= 0.3 is 12.1 Å². The third-order valence-corrected chi connectivity index (χ3v) is 8.15. The predicted octanol–water partition coefficient (Wildman–Crippen LogP) is 4.42. The third kappa shape index (κ3) is 5.80. The molecule has 37 heavy (non-hydrogen) atoms. The van der Waals surface area contributed by atoms with Gasteiger partial charge in [-0.15, -0.1) is 11.3 Å². The largest absolute Gasteiger partial charge is 0.480 e. The number of benzene rings is 1. The Balaban J connectivity index is 1.58. The van der Waals surface area contributed by atoms with E-state index in [1.54, 1.807) is 6.20 Å². The van der Waals surface area contributed by atoms with Crippen molar-refractivity contribution in [2.75, 3.05) is 13.7 Å². The van der Waals surface area contributed by atoms with Gasteiger partial charge in [-0.1, -0.05) is 45.0 Å². The maximum Gasteiger partial charge on any atom is 0.408 e. The van der Waals surface area contributed by atoms with Crippen LogP contribution in [0.4, 0.5) is 4.79 Å². The lowest BCUT2D eigenvalue weighted by atomic mass is 9.85. The third-order valence-electron chi connectivity index (χ3n) is 7.33. The molecule has 1 aliphatic heterocycles. The fraction of sp³-hybridized carbons (Fsp3) is 0.556. The number of methoxy groups -OCH3 is 1. The van der Waals surface area contributed by atoms with Gasteiger partial charge in [-0.05, 0) is 36.7 Å². The topological polar surface area (TPSA) is 118 Å². The van der Waals surface area contributed by atoms with Crippen LogP contribution >= 0.6 is 11.3 Å². The Bertz CT molecular complexity index is 1110. The van der Waals surface area contributed by atoms with E-state index in [9.17, 15) is 19.5 Å². The number of carboxylic acid groups (broad SMARTS) is 1. The van der Waals surface area contributed by atoms with Crippen molar-refractivity contribution in [1.29, 1.82) is 0 Å². The molecule has 1 aliphatic carbocycles. The number of thiazole rings is 1. The number of aliphatic carboxylic acids is 1. The minimum absolute atomic E-state index is 0.0435. The van der Waals surface area contributed by atoms with Gasteiger partial charge in [0.25, 0.3) is 0 Å². The second kappa shape index (κ2) is 10.8. The molecule has 2 N–H and O–H groups in total. The lowest BCUT2D eigenvalue weighted by molar-refractivity contribution is -0.150. The molecule has 200 valence electrons. The fourth-order valence-electron chi connectivity index (χ4n) is 5.21. The summed E-state index contributed by atoms with van der Waals surface area (Å²) in [6, 6.07) is 5.56. The number of nitrogens with zero attached hydrogens (tertiary/aromatic N) is 2. The van der Waals surface area contributed by atoms with Gasteiger partial charge in [-0.2, -0.15) is 0 Å². The summed E-state index contributed by atoms with van der Waals surface area (Å²) in [5, 5.41) is 15.6. The summed E-state index contributed by atoms with van der Waals surface area (Å²) in [7, 11) is 1.53.